The topological polar surface area (TPSA) is 301 Å². The van der Waals surface area contributed by atoms with Gasteiger partial charge in [0.2, 0.25) is 6.29 Å². The van der Waals surface area contributed by atoms with Crippen molar-refractivity contribution < 1.29 is 53.0 Å². The monoisotopic (exact) mass is 987 g/mol. The lowest BCUT2D eigenvalue weighted by molar-refractivity contribution is -0.194. The average Bonchev–Trinajstić information content (AvgIpc) is 4.18. The fraction of sp³-hybridized carbons (Fsp3) is 0.571. The minimum atomic E-state index is -1.01. The van der Waals surface area contributed by atoms with E-state index in [2.05, 4.69) is 55.2 Å². The number of carbonyl (C=O) groups excluding carboxylic acids is 3. The van der Waals surface area contributed by atoms with Gasteiger partial charge in [-0.15, -0.1) is 0 Å². The summed E-state index contributed by atoms with van der Waals surface area (Å²) in [6, 6.07) is 0. The average molecular weight is 989 g/mol. The molecule has 0 radical (unpaired) electrons. The summed E-state index contributed by atoms with van der Waals surface area (Å²) in [6.45, 7) is 13.9. The van der Waals surface area contributed by atoms with Gasteiger partial charge in [-0.05, 0) is 19.3 Å². The molecule has 368 valence electrons. The van der Waals surface area contributed by atoms with Gasteiger partial charge in [-0.2, -0.15) is 0 Å². The largest absolute Gasteiger partial charge is 0.457 e. The van der Waals surface area contributed by atoms with Crippen LogP contribution >= 0.6 is 23.2 Å². The molecule has 3 unspecified atom stereocenters. The molecule has 0 spiro atoms. The Morgan fingerprint density at radius 3 is 1.79 bits per heavy atom. The van der Waals surface area contributed by atoms with E-state index in [0.717, 1.165) is 12.8 Å². The van der Waals surface area contributed by atoms with Crippen LogP contribution in [0, 0.1) is 11.8 Å². The summed E-state index contributed by atoms with van der Waals surface area (Å²) >= 11 is 11.7. The highest BCUT2D eigenvalue weighted by Gasteiger charge is 2.47. The number of rotatable bonds is 9. The second-order valence-corrected chi connectivity index (χ2v) is 16.6. The molecule has 4 N–H and O–H groups in total. The number of aromatic amines is 1. The maximum absolute atomic E-state index is 11.4. The van der Waals surface area contributed by atoms with Crippen LogP contribution in [0.4, 0.5) is 5.82 Å². The van der Waals surface area contributed by atoms with E-state index in [4.69, 9.17) is 51.6 Å². The first-order valence-electron chi connectivity index (χ1n) is 21.8. The Morgan fingerprint density at radius 1 is 0.662 bits per heavy atom. The van der Waals surface area contributed by atoms with Crippen LogP contribution in [0.2, 0.25) is 10.3 Å². The standard InChI is InChI=1S/C14H17ClN4O3.C12H17N5O3.C11H18O5.C5H3ClN4/c1-4-9-7(2)11(21-8(3)20)14(22-9)19-6-18-10-12(15)16-5-17-13(10)19;1-3-6-8(18)9(19)12(20-6)17-5-16-7-10(13-2)14-4-15-11(7)17;1-5-9-6(2)10(14-7(3)12)11(16-9)15-8(4)13;6-4-3-5(9-1-7-3)10-2-8-4/h5-7,9,11,14H,4H2,1-3H3;4-6,8-9,12,18-19H,3H2,1-2H3,(H,13,14,15);6,9-11H,5H2,1-4H3;1-2H,(H,7,8,9,10)/t7-,9-,11-,14?;6-,8-,9-,12?;6-,9-,10-,11?;/m111./s1. The zero-order chi connectivity index (χ0) is 49.4. The number of aromatic nitrogens is 12. The molecule has 3 aliphatic rings. The predicted octanol–water partition coefficient (Wildman–Crippen LogP) is 4.51. The molecular weight excluding hydrogens is 933 g/mol. The number of hydrogen-bond acceptors (Lipinski definition) is 21. The molecular formula is C42H55Cl2N13O11. The van der Waals surface area contributed by atoms with Crippen LogP contribution in [0.5, 0.6) is 0 Å². The molecule has 68 heavy (non-hydrogen) atoms. The third-order valence-electron chi connectivity index (χ3n) is 11.4. The fourth-order valence-electron chi connectivity index (χ4n) is 8.08. The van der Waals surface area contributed by atoms with Crippen molar-refractivity contribution in [2.45, 2.75) is 136 Å². The Labute approximate surface area is 399 Å². The molecule has 6 aromatic heterocycles. The second kappa shape index (κ2) is 23.0. The van der Waals surface area contributed by atoms with Crippen LogP contribution in [-0.4, -0.2) is 143 Å². The number of nitrogens with one attached hydrogen (secondary N) is 2. The van der Waals surface area contributed by atoms with Crippen molar-refractivity contribution >= 4 is 80.4 Å². The Bertz CT molecular complexity index is 2650. The molecule has 12 atom stereocenters. The van der Waals surface area contributed by atoms with E-state index in [9.17, 15) is 24.6 Å². The van der Waals surface area contributed by atoms with Crippen molar-refractivity contribution in [1.29, 1.82) is 0 Å². The summed E-state index contributed by atoms with van der Waals surface area (Å²) in [5.74, 6) is -0.458. The van der Waals surface area contributed by atoms with E-state index in [0.29, 0.717) is 50.9 Å². The number of H-pyrrole nitrogens is 1. The minimum absolute atomic E-state index is 0.00380. The smallest absolute Gasteiger partial charge is 0.305 e. The number of esters is 3. The van der Waals surface area contributed by atoms with Gasteiger partial charge in [-0.1, -0.05) is 57.8 Å². The van der Waals surface area contributed by atoms with E-state index in [-0.39, 0.29) is 35.2 Å². The van der Waals surface area contributed by atoms with Crippen molar-refractivity contribution in [2.75, 3.05) is 12.4 Å². The molecule has 24 nitrogen and oxygen atoms in total. The second-order valence-electron chi connectivity index (χ2n) is 15.9. The third kappa shape index (κ3) is 11.4. The summed E-state index contributed by atoms with van der Waals surface area (Å²) in [6.07, 6.45) is 5.88. The van der Waals surface area contributed by atoms with Crippen LogP contribution in [-0.2, 0) is 42.8 Å². The number of carbonyl (C=O) groups is 3. The number of imidazole rings is 3. The number of nitrogens with zero attached hydrogens (tertiary/aromatic N) is 11. The number of halogens is 2. The van der Waals surface area contributed by atoms with E-state index >= 15 is 0 Å². The Hall–Kier alpha value is -5.76. The number of aliphatic hydroxyl groups is 2. The predicted molar refractivity (Wildman–Crippen MR) is 242 cm³/mol. The summed E-state index contributed by atoms with van der Waals surface area (Å²) in [7, 11) is 1.75. The number of fused-ring (bicyclic) bond motifs is 3. The molecule has 9 heterocycles. The molecule has 0 amide bonds. The van der Waals surface area contributed by atoms with Gasteiger partial charge in [-0.3, -0.25) is 23.5 Å². The highest BCUT2D eigenvalue weighted by Crippen LogP contribution is 2.39. The lowest BCUT2D eigenvalue weighted by Gasteiger charge is -2.21. The van der Waals surface area contributed by atoms with Gasteiger partial charge in [-0.25, -0.2) is 44.9 Å². The molecule has 26 heteroatoms. The van der Waals surface area contributed by atoms with Crippen molar-refractivity contribution in [3.05, 3.63) is 48.3 Å². The highest BCUT2D eigenvalue weighted by molar-refractivity contribution is 6.33. The molecule has 3 fully saturated rings. The van der Waals surface area contributed by atoms with E-state index in [1.165, 1.54) is 46.1 Å². The van der Waals surface area contributed by atoms with Gasteiger partial charge in [0.05, 0.1) is 37.3 Å². The molecule has 3 saturated heterocycles. The quantitative estimate of drug-likeness (QED) is 0.0880. The van der Waals surface area contributed by atoms with Gasteiger partial charge in [0.25, 0.3) is 0 Å². The van der Waals surface area contributed by atoms with Gasteiger partial charge in [0.1, 0.15) is 47.7 Å². The van der Waals surface area contributed by atoms with Crippen molar-refractivity contribution in [3.8, 4) is 0 Å². The van der Waals surface area contributed by atoms with Crippen molar-refractivity contribution in [2.24, 2.45) is 11.8 Å². The summed E-state index contributed by atoms with van der Waals surface area (Å²) in [4.78, 5) is 72.5. The maximum atomic E-state index is 11.4. The fourth-order valence-corrected chi connectivity index (χ4v) is 8.44. The summed E-state index contributed by atoms with van der Waals surface area (Å²) in [5, 5.41) is 23.7. The van der Waals surface area contributed by atoms with E-state index in [1.54, 1.807) is 28.8 Å². The van der Waals surface area contributed by atoms with Crippen LogP contribution in [0.15, 0.2) is 38.0 Å². The highest BCUT2D eigenvalue weighted by atomic mass is 35.5. The first-order valence-corrected chi connectivity index (χ1v) is 22.6. The molecule has 6 aromatic rings. The van der Waals surface area contributed by atoms with Crippen LogP contribution in [0.25, 0.3) is 33.5 Å². The summed E-state index contributed by atoms with van der Waals surface area (Å²) < 4.78 is 36.3. The zero-order valence-electron chi connectivity index (χ0n) is 38.8. The van der Waals surface area contributed by atoms with Gasteiger partial charge in [0, 0.05) is 39.7 Å². The first kappa shape index (κ1) is 51.6. The molecule has 3 aliphatic heterocycles. The number of anilines is 1. The normalized spacial score (nSPS) is 27.4. The van der Waals surface area contributed by atoms with Crippen LogP contribution < -0.4 is 5.32 Å². The molecule has 0 aliphatic carbocycles. The molecule has 0 aromatic carbocycles. The lowest BCUT2D eigenvalue weighted by atomic mass is 9.98. The SMILES string of the molecule is CC[C@H]1OC(OC(C)=O)[C@H](OC(C)=O)[C@@H]1C.CC[C@H]1OC(n2cnc3c(Cl)ncnc32)[C@H](OC(C)=O)[C@@H]1C.CC[C@H]1OC(n2cnc3c(NC)ncnc32)[C@H](O)[C@@H]1O.Clc1ncnc2nc[nH]c12. The van der Waals surface area contributed by atoms with Gasteiger partial charge in [0.15, 0.2) is 57.7 Å². The molecule has 9 rings (SSSR count). The third-order valence-corrected chi connectivity index (χ3v) is 12.0. The van der Waals surface area contributed by atoms with Crippen molar-refractivity contribution in [1.82, 2.24) is 59.0 Å². The maximum Gasteiger partial charge on any atom is 0.305 e. The van der Waals surface area contributed by atoms with E-state index < -0.39 is 61.2 Å². The molecule has 0 bridgehead atoms. The Morgan fingerprint density at radius 2 is 1.19 bits per heavy atom. The van der Waals surface area contributed by atoms with E-state index in [1.807, 2.05) is 34.6 Å². The van der Waals surface area contributed by atoms with Crippen LogP contribution in [0.1, 0.15) is 87.1 Å². The minimum Gasteiger partial charge on any atom is -0.457 e. The Balaban J connectivity index is 0.000000154. The van der Waals surface area contributed by atoms with Crippen LogP contribution in [0.3, 0.4) is 0 Å². The zero-order valence-corrected chi connectivity index (χ0v) is 40.3. The summed E-state index contributed by atoms with van der Waals surface area (Å²) in [5.41, 5.74) is 3.50. The lowest BCUT2D eigenvalue weighted by Crippen LogP contribution is -2.33. The number of aliphatic hydroxyl groups excluding tert-OH is 2. The molecule has 0 saturated carbocycles. The van der Waals surface area contributed by atoms with Gasteiger partial charge < -0.3 is 48.9 Å². The van der Waals surface area contributed by atoms with Crippen molar-refractivity contribution in [3.63, 3.8) is 0 Å². The van der Waals surface area contributed by atoms with Gasteiger partial charge >= 0.3 is 17.9 Å². The number of hydrogen-bond donors (Lipinski definition) is 4. The Kier molecular flexibility index (Phi) is 17.5. The number of ether oxygens (including phenoxy) is 6. The first-order chi connectivity index (χ1) is 32.5.